The van der Waals surface area contributed by atoms with Gasteiger partial charge in [0.15, 0.2) is 0 Å². The number of nitrogens with one attached hydrogen (secondary N) is 1. The molecule has 2 N–H and O–H groups in total. The molecule has 2 rings (SSSR count). The Labute approximate surface area is 121 Å². The van der Waals surface area contributed by atoms with E-state index in [0.717, 1.165) is 5.56 Å². The van der Waals surface area contributed by atoms with Gasteiger partial charge in [0.05, 0.1) is 24.1 Å². The van der Waals surface area contributed by atoms with Crippen molar-refractivity contribution in [1.29, 1.82) is 0 Å². The van der Waals surface area contributed by atoms with Crippen molar-refractivity contribution in [2.75, 3.05) is 12.4 Å². The number of rotatable bonds is 5. The van der Waals surface area contributed by atoms with E-state index < -0.39 is 11.9 Å². The Balaban J connectivity index is 2.29. The molecule has 0 radical (unpaired) electrons. The molecular formula is C15H14N2O4. The lowest BCUT2D eigenvalue weighted by molar-refractivity contribution is 0.0698. The number of methoxy groups -OCH3 is 1. The highest BCUT2D eigenvalue weighted by Crippen LogP contribution is 2.17. The summed E-state index contributed by atoms with van der Waals surface area (Å²) in [7, 11) is 1.54. The fourth-order valence-corrected chi connectivity index (χ4v) is 1.89. The van der Waals surface area contributed by atoms with Crippen molar-refractivity contribution in [1.82, 2.24) is 4.98 Å². The van der Waals surface area contributed by atoms with Gasteiger partial charge in [0.25, 0.3) is 5.91 Å². The van der Waals surface area contributed by atoms with Crippen molar-refractivity contribution in [2.45, 2.75) is 6.61 Å². The minimum Gasteiger partial charge on any atom is -0.478 e. The molecule has 0 atom stereocenters. The highest BCUT2D eigenvalue weighted by atomic mass is 16.5. The molecule has 6 heteroatoms. The number of nitrogens with zero attached hydrogens (tertiary/aromatic N) is 1. The maximum atomic E-state index is 12.3. The van der Waals surface area contributed by atoms with E-state index in [4.69, 9.17) is 9.84 Å². The Hall–Kier alpha value is -2.73. The van der Waals surface area contributed by atoms with Crippen molar-refractivity contribution < 1.29 is 19.4 Å². The normalized spacial score (nSPS) is 10.1. The molecule has 0 fully saturated rings. The van der Waals surface area contributed by atoms with E-state index in [9.17, 15) is 9.59 Å². The average Bonchev–Trinajstić information content (AvgIpc) is 2.48. The van der Waals surface area contributed by atoms with E-state index >= 15 is 0 Å². The van der Waals surface area contributed by atoms with E-state index in [1.54, 1.807) is 31.4 Å². The fourth-order valence-electron chi connectivity index (χ4n) is 1.89. The SMILES string of the molecule is COCc1ccccc1C(=O)Nc1cnccc1C(=O)O. The van der Waals surface area contributed by atoms with Gasteiger partial charge in [0.2, 0.25) is 0 Å². The summed E-state index contributed by atoms with van der Waals surface area (Å²) in [6, 6.07) is 8.30. The first kappa shape index (κ1) is 14.7. The molecule has 0 saturated heterocycles. The van der Waals surface area contributed by atoms with Crippen LogP contribution in [0.3, 0.4) is 0 Å². The van der Waals surface area contributed by atoms with Crippen molar-refractivity contribution in [3.8, 4) is 0 Å². The van der Waals surface area contributed by atoms with Crippen LogP contribution in [-0.4, -0.2) is 29.1 Å². The summed E-state index contributed by atoms with van der Waals surface area (Å²) in [6.07, 6.45) is 2.66. The molecule has 0 unspecified atom stereocenters. The molecule has 1 heterocycles. The van der Waals surface area contributed by atoms with Crippen molar-refractivity contribution in [2.24, 2.45) is 0 Å². The molecule has 21 heavy (non-hydrogen) atoms. The summed E-state index contributed by atoms with van der Waals surface area (Å²) in [5.41, 5.74) is 1.29. The van der Waals surface area contributed by atoms with Crippen LogP contribution in [0.15, 0.2) is 42.7 Å². The van der Waals surface area contributed by atoms with Crippen molar-refractivity contribution in [3.63, 3.8) is 0 Å². The van der Waals surface area contributed by atoms with Crippen LogP contribution in [0.1, 0.15) is 26.3 Å². The van der Waals surface area contributed by atoms with E-state index in [2.05, 4.69) is 10.3 Å². The highest BCUT2D eigenvalue weighted by Gasteiger charge is 2.15. The first-order chi connectivity index (χ1) is 10.1. The predicted molar refractivity (Wildman–Crippen MR) is 76.3 cm³/mol. The Morgan fingerprint density at radius 1 is 1.24 bits per heavy atom. The number of hydrogen-bond acceptors (Lipinski definition) is 4. The largest absolute Gasteiger partial charge is 0.478 e. The number of aromatic nitrogens is 1. The summed E-state index contributed by atoms with van der Waals surface area (Å²) in [4.78, 5) is 27.2. The fraction of sp³-hybridized carbons (Fsp3) is 0.133. The number of hydrogen-bond donors (Lipinski definition) is 2. The number of amides is 1. The predicted octanol–water partition coefficient (Wildman–Crippen LogP) is 2.18. The van der Waals surface area contributed by atoms with Crippen LogP contribution in [0.5, 0.6) is 0 Å². The monoisotopic (exact) mass is 286 g/mol. The molecule has 0 spiro atoms. The first-order valence-corrected chi connectivity index (χ1v) is 6.19. The van der Waals surface area contributed by atoms with Crippen LogP contribution >= 0.6 is 0 Å². The molecule has 108 valence electrons. The van der Waals surface area contributed by atoms with Gasteiger partial charge in [0, 0.05) is 18.9 Å². The second-order valence-corrected chi connectivity index (χ2v) is 4.27. The van der Waals surface area contributed by atoms with E-state index in [0.29, 0.717) is 12.2 Å². The van der Waals surface area contributed by atoms with Crippen molar-refractivity contribution >= 4 is 17.6 Å². The summed E-state index contributed by atoms with van der Waals surface area (Å²) in [6.45, 7) is 0.294. The molecule has 0 aliphatic carbocycles. The molecule has 2 aromatic rings. The van der Waals surface area contributed by atoms with Gasteiger partial charge in [-0.05, 0) is 17.7 Å². The Bertz CT molecular complexity index is 670. The van der Waals surface area contributed by atoms with Gasteiger partial charge < -0.3 is 15.2 Å². The van der Waals surface area contributed by atoms with Gasteiger partial charge in [-0.25, -0.2) is 4.79 Å². The minimum atomic E-state index is -1.13. The third-order valence-corrected chi connectivity index (χ3v) is 2.86. The first-order valence-electron chi connectivity index (χ1n) is 6.19. The van der Waals surface area contributed by atoms with Gasteiger partial charge in [-0.3, -0.25) is 9.78 Å². The summed E-state index contributed by atoms with van der Waals surface area (Å²) in [5, 5.41) is 11.7. The van der Waals surface area contributed by atoms with Crippen molar-refractivity contribution in [3.05, 3.63) is 59.4 Å². The molecule has 1 aromatic heterocycles. The Morgan fingerprint density at radius 2 is 2.00 bits per heavy atom. The molecule has 1 amide bonds. The zero-order valence-electron chi connectivity index (χ0n) is 11.4. The number of benzene rings is 1. The van der Waals surface area contributed by atoms with E-state index in [-0.39, 0.29) is 11.3 Å². The molecule has 0 bridgehead atoms. The van der Waals surface area contributed by atoms with Crippen LogP contribution < -0.4 is 5.32 Å². The van der Waals surface area contributed by atoms with Gasteiger partial charge in [0.1, 0.15) is 0 Å². The molecule has 6 nitrogen and oxygen atoms in total. The molecule has 0 saturated carbocycles. The Kier molecular flexibility index (Phi) is 4.63. The quantitative estimate of drug-likeness (QED) is 0.879. The van der Waals surface area contributed by atoms with Crippen LogP contribution in [-0.2, 0) is 11.3 Å². The number of pyridine rings is 1. The summed E-state index contributed by atoms with van der Waals surface area (Å²) >= 11 is 0. The maximum absolute atomic E-state index is 12.3. The number of aromatic carboxylic acids is 1. The number of carbonyl (C=O) groups excluding carboxylic acids is 1. The molecule has 1 aromatic carbocycles. The minimum absolute atomic E-state index is 0.0115. The zero-order valence-corrected chi connectivity index (χ0v) is 11.4. The average molecular weight is 286 g/mol. The van der Waals surface area contributed by atoms with Gasteiger partial charge in [-0.15, -0.1) is 0 Å². The van der Waals surface area contributed by atoms with E-state index in [1.165, 1.54) is 18.5 Å². The van der Waals surface area contributed by atoms with Gasteiger partial charge in [-0.1, -0.05) is 18.2 Å². The second kappa shape index (κ2) is 6.62. The van der Waals surface area contributed by atoms with Crippen LogP contribution in [0.25, 0.3) is 0 Å². The third kappa shape index (κ3) is 3.43. The molecular weight excluding hydrogens is 272 g/mol. The van der Waals surface area contributed by atoms with Gasteiger partial charge >= 0.3 is 5.97 Å². The Morgan fingerprint density at radius 3 is 2.71 bits per heavy atom. The zero-order chi connectivity index (χ0) is 15.2. The maximum Gasteiger partial charge on any atom is 0.337 e. The highest BCUT2D eigenvalue weighted by molar-refractivity contribution is 6.08. The molecule has 0 aliphatic heterocycles. The van der Waals surface area contributed by atoms with Crippen LogP contribution in [0.2, 0.25) is 0 Å². The van der Waals surface area contributed by atoms with Crippen LogP contribution in [0, 0.1) is 0 Å². The third-order valence-electron chi connectivity index (χ3n) is 2.86. The number of ether oxygens (including phenoxy) is 1. The number of carboxylic acid groups (broad SMARTS) is 1. The lowest BCUT2D eigenvalue weighted by atomic mass is 10.1. The van der Waals surface area contributed by atoms with E-state index in [1.807, 2.05) is 0 Å². The summed E-state index contributed by atoms with van der Waals surface area (Å²) in [5.74, 6) is -1.53. The second-order valence-electron chi connectivity index (χ2n) is 4.27. The lowest BCUT2D eigenvalue weighted by Gasteiger charge is -2.10. The standard InChI is InChI=1S/C15H14N2O4/c1-21-9-10-4-2-3-5-11(10)14(18)17-13-8-16-7-6-12(13)15(19)20/h2-8H,9H2,1H3,(H,17,18)(H,19,20). The topological polar surface area (TPSA) is 88.5 Å². The molecule has 0 aliphatic rings. The number of carboxylic acids is 1. The van der Waals surface area contributed by atoms with Crippen LogP contribution in [0.4, 0.5) is 5.69 Å². The smallest absolute Gasteiger partial charge is 0.337 e. The summed E-state index contributed by atoms with van der Waals surface area (Å²) < 4.78 is 5.04. The number of carbonyl (C=O) groups is 2. The van der Waals surface area contributed by atoms with Gasteiger partial charge in [-0.2, -0.15) is 0 Å². The lowest BCUT2D eigenvalue weighted by Crippen LogP contribution is -2.17. The number of anilines is 1.